The van der Waals surface area contributed by atoms with Crippen LogP contribution < -0.4 is 15.8 Å². The summed E-state index contributed by atoms with van der Waals surface area (Å²) in [4.78, 5) is 39.6. The maximum absolute atomic E-state index is 13.1. The Bertz CT molecular complexity index is 1160. The molecule has 1 aromatic heterocycles. The molecule has 0 saturated carbocycles. The van der Waals surface area contributed by atoms with E-state index in [2.05, 4.69) is 10.9 Å². The molecule has 1 fully saturated rings. The highest BCUT2D eigenvalue weighted by Crippen LogP contribution is 2.30. The predicted molar refractivity (Wildman–Crippen MR) is 118 cm³/mol. The van der Waals surface area contributed by atoms with E-state index in [1.165, 1.54) is 35.6 Å². The molecular weight excluding hydrogens is 441 g/mol. The fourth-order valence-electron chi connectivity index (χ4n) is 3.24. The smallest absolute Gasteiger partial charge is 0.279 e. The van der Waals surface area contributed by atoms with Gasteiger partial charge in [-0.3, -0.25) is 25.2 Å². The van der Waals surface area contributed by atoms with Gasteiger partial charge in [0, 0.05) is 23.4 Å². The van der Waals surface area contributed by atoms with E-state index >= 15 is 0 Å². The minimum absolute atomic E-state index is 0.0394. The predicted octanol–water partition coefficient (Wildman–Crippen LogP) is 4.41. The summed E-state index contributed by atoms with van der Waals surface area (Å²) in [5.41, 5.74) is 6.29. The van der Waals surface area contributed by atoms with Crippen molar-refractivity contribution in [2.75, 3.05) is 11.4 Å². The summed E-state index contributed by atoms with van der Waals surface area (Å²) in [6.45, 7) is 0.551. The maximum atomic E-state index is 13.1. The molecule has 3 amide bonds. The summed E-state index contributed by atoms with van der Waals surface area (Å²) < 4.78 is 13.1. The Balaban J connectivity index is 1.41. The zero-order valence-electron chi connectivity index (χ0n) is 16.2. The van der Waals surface area contributed by atoms with Crippen LogP contribution in [-0.4, -0.2) is 24.3 Å². The van der Waals surface area contributed by atoms with Gasteiger partial charge in [0.1, 0.15) is 5.82 Å². The molecule has 0 unspecified atom stereocenters. The van der Waals surface area contributed by atoms with Gasteiger partial charge in [-0.15, -0.1) is 11.3 Å². The van der Waals surface area contributed by atoms with E-state index in [4.69, 9.17) is 11.6 Å². The van der Waals surface area contributed by atoms with Crippen LogP contribution in [0.3, 0.4) is 0 Å². The molecule has 31 heavy (non-hydrogen) atoms. The fraction of sp³-hybridized carbons (Fsp3) is 0.136. The zero-order chi connectivity index (χ0) is 22.0. The van der Waals surface area contributed by atoms with Crippen LogP contribution in [0, 0.1) is 5.82 Å². The van der Waals surface area contributed by atoms with E-state index in [9.17, 15) is 18.8 Å². The summed E-state index contributed by atoms with van der Waals surface area (Å²) >= 11 is 7.42. The molecule has 158 valence electrons. The third kappa shape index (κ3) is 4.60. The van der Waals surface area contributed by atoms with Crippen LogP contribution in [0.4, 0.5) is 10.1 Å². The largest absolute Gasteiger partial charge is 0.311 e. The van der Waals surface area contributed by atoms with Gasteiger partial charge in [0.25, 0.3) is 11.8 Å². The second kappa shape index (κ2) is 8.87. The summed E-state index contributed by atoms with van der Waals surface area (Å²) in [6.07, 6.45) is 1.19. The molecule has 0 atom stereocenters. The van der Waals surface area contributed by atoms with Gasteiger partial charge in [-0.1, -0.05) is 23.7 Å². The molecule has 2 N–H and O–H groups in total. The minimum Gasteiger partial charge on any atom is -0.311 e. The van der Waals surface area contributed by atoms with Gasteiger partial charge in [0.2, 0.25) is 5.91 Å². The first-order valence-corrected chi connectivity index (χ1v) is 10.7. The average Bonchev–Trinajstić information content (AvgIpc) is 3.42. The van der Waals surface area contributed by atoms with E-state index in [-0.39, 0.29) is 17.3 Å². The van der Waals surface area contributed by atoms with E-state index in [1.54, 1.807) is 35.2 Å². The van der Waals surface area contributed by atoms with Gasteiger partial charge < -0.3 is 4.90 Å². The Kier molecular flexibility index (Phi) is 6.01. The van der Waals surface area contributed by atoms with E-state index < -0.39 is 11.8 Å². The Labute approximate surface area is 186 Å². The highest BCUT2D eigenvalue weighted by Gasteiger charge is 2.24. The zero-order valence-corrected chi connectivity index (χ0v) is 17.7. The molecule has 2 heterocycles. The van der Waals surface area contributed by atoms with Crippen molar-refractivity contribution in [2.24, 2.45) is 0 Å². The number of hydrogen-bond donors (Lipinski definition) is 2. The average molecular weight is 458 g/mol. The quantitative estimate of drug-likeness (QED) is 0.569. The highest BCUT2D eigenvalue weighted by molar-refractivity contribution is 7.17. The number of nitrogens with one attached hydrogen (secondary N) is 2. The van der Waals surface area contributed by atoms with Crippen LogP contribution in [0.15, 0.2) is 54.6 Å². The third-order valence-electron chi connectivity index (χ3n) is 4.82. The number of nitrogens with zero attached hydrogens (tertiary/aromatic N) is 1. The number of thiophene rings is 1. The Hall–Kier alpha value is -3.23. The van der Waals surface area contributed by atoms with Crippen molar-refractivity contribution in [3.05, 3.63) is 75.9 Å². The number of carbonyl (C=O) groups is 3. The summed E-state index contributed by atoms with van der Waals surface area (Å²) in [5.74, 6) is -1.38. The fourth-order valence-corrected chi connectivity index (χ4v) is 4.37. The van der Waals surface area contributed by atoms with E-state index in [0.717, 1.165) is 16.9 Å². The van der Waals surface area contributed by atoms with Crippen LogP contribution in [0.2, 0.25) is 5.02 Å². The number of halogens is 2. The Morgan fingerprint density at radius 1 is 1.00 bits per heavy atom. The van der Waals surface area contributed by atoms with Crippen molar-refractivity contribution >= 4 is 46.3 Å². The minimum atomic E-state index is -0.534. The van der Waals surface area contributed by atoms with Gasteiger partial charge in [-0.25, -0.2) is 4.39 Å². The maximum Gasteiger partial charge on any atom is 0.279 e. The molecule has 1 aliphatic rings. The van der Waals surface area contributed by atoms with Gasteiger partial charge >= 0.3 is 0 Å². The monoisotopic (exact) mass is 457 g/mol. The first kappa shape index (κ1) is 21.0. The van der Waals surface area contributed by atoms with Crippen LogP contribution in [0.25, 0.3) is 10.4 Å². The van der Waals surface area contributed by atoms with E-state index in [0.29, 0.717) is 28.6 Å². The Morgan fingerprint density at radius 3 is 2.45 bits per heavy atom. The molecule has 0 bridgehead atoms. The first-order chi connectivity index (χ1) is 14.9. The van der Waals surface area contributed by atoms with Crippen LogP contribution >= 0.6 is 22.9 Å². The molecule has 2 aromatic carbocycles. The van der Waals surface area contributed by atoms with Crippen molar-refractivity contribution < 1.29 is 18.8 Å². The number of anilines is 1. The highest BCUT2D eigenvalue weighted by atomic mass is 35.5. The van der Waals surface area contributed by atoms with Gasteiger partial charge in [0.15, 0.2) is 0 Å². The van der Waals surface area contributed by atoms with Crippen molar-refractivity contribution in [2.45, 2.75) is 12.8 Å². The SMILES string of the molecule is O=C(NNC(=O)c1ccc(-c2ccc(F)cc2)s1)c1ccc(Cl)c(N2CCCC2=O)c1. The number of benzene rings is 2. The van der Waals surface area contributed by atoms with Gasteiger partial charge in [-0.2, -0.15) is 0 Å². The molecule has 1 aliphatic heterocycles. The number of hydrazine groups is 1. The lowest BCUT2D eigenvalue weighted by molar-refractivity contribution is -0.117. The second-order valence-electron chi connectivity index (χ2n) is 6.89. The Morgan fingerprint density at radius 2 is 1.74 bits per heavy atom. The normalized spacial score (nSPS) is 13.4. The molecule has 0 radical (unpaired) electrons. The third-order valence-corrected chi connectivity index (χ3v) is 6.27. The standard InChI is InChI=1S/C22H17ClFN3O3S/c23-16-8-5-14(12-17(16)27-11-1-2-20(27)28)21(29)25-26-22(30)19-10-9-18(31-19)13-3-6-15(24)7-4-13/h3-10,12H,1-2,11H2,(H,25,29)(H,26,30). The molecule has 3 aromatic rings. The number of rotatable bonds is 4. The second-order valence-corrected chi connectivity index (χ2v) is 8.39. The van der Waals surface area contributed by atoms with Gasteiger partial charge in [-0.05, 0) is 54.4 Å². The van der Waals surface area contributed by atoms with Crippen LogP contribution in [-0.2, 0) is 4.79 Å². The number of carbonyl (C=O) groups excluding carboxylic acids is 3. The summed E-state index contributed by atoms with van der Waals surface area (Å²) in [7, 11) is 0. The molecule has 4 rings (SSSR count). The topological polar surface area (TPSA) is 78.5 Å². The van der Waals surface area contributed by atoms with Crippen molar-refractivity contribution in [3.8, 4) is 10.4 Å². The lowest BCUT2D eigenvalue weighted by atomic mass is 10.2. The van der Waals surface area contributed by atoms with Crippen LogP contribution in [0.1, 0.15) is 32.9 Å². The first-order valence-electron chi connectivity index (χ1n) is 9.49. The molecular formula is C22H17ClFN3O3S. The molecule has 9 heteroatoms. The number of hydrogen-bond acceptors (Lipinski definition) is 4. The van der Waals surface area contributed by atoms with Crippen LogP contribution in [0.5, 0.6) is 0 Å². The molecule has 0 aliphatic carbocycles. The van der Waals surface area contributed by atoms with Crippen molar-refractivity contribution in [3.63, 3.8) is 0 Å². The summed E-state index contributed by atoms with van der Waals surface area (Å²) in [5, 5.41) is 0.378. The van der Waals surface area contributed by atoms with Crippen molar-refractivity contribution in [1.82, 2.24) is 10.9 Å². The lowest BCUT2D eigenvalue weighted by Crippen LogP contribution is -2.41. The molecule has 1 saturated heterocycles. The van der Waals surface area contributed by atoms with Crippen molar-refractivity contribution in [1.29, 1.82) is 0 Å². The summed E-state index contributed by atoms with van der Waals surface area (Å²) in [6, 6.07) is 14.0. The molecule has 0 spiro atoms. The number of amides is 3. The van der Waals surface area contributed by atoms with E-state index in [1.807, 2.05) is 0 Å². The van der Waals surface area contributed by atoms with Gasteiger partial charge in [0.05, 0.1) is 15.6 Å². The molecule has 6 nitrogen and oxygen atoms in total. The lowest BCUT2D eigenvalue weighted by Gasteiger charge is -2.18.